The number of carbonyl (C=O) groups excluding carboxylic acids is 2. The van der Waals surface area contributed by atoms with Crippen LogP contribution in [0.25, 0.3) is 0 Å². The Labute approximate surface area is 164 Å². The summed E-state index contributed by atoms with van der Waals surface area (Å²) in [7, 11) is 0. The van der Waals surface area contributed by atoms with E-state index >= 15 is 0 Å². The maximum Gasteiger partial charge on any atom is 0.273 e. The van der Waals surface area contributed by atoms with E-state index in [1.807, 2.05) is 12.1 Å². The lowest BCUT2D eigenvalue weighted by Gasteiger charge is -2.26. The van der Waals surface area contributed by atoms with Gasteiger partial charge in [-0.25, -0.2) is 9.97 Å². The first-order valence-electron chi connectivity index (χ1n) is 9.51. The van der Waals surface area contributed by atoms with Gasteiger partial charge in [0.15, 0.2) is 0 Å². The molecule has 1 saturated heterocycles. The lowest BCUT2D eigenvalue weighted by molar-refractivity contribution is -0.119. The first kappa shape index (κ1) is 19.7. The first-order valence-corrected chi connectivity index (χ1v) is 9.51. The summed E-state index contributed by atoms with van der Waals surface area (Å²) < 4.78 is 0. The Balaban J connectivity index is 1.84. The fourth-order valence-corrected chi connectivity index (χ4v) is 3.32. The van der Waals surface area contributed by atoms with Crippen LogP contribution in [0.1, 0.15) is 48.4 Å². The summed E-state index contributed by atoms with van der Waals surface area (Å²) in [6.07, 6.45) is 5.30. The minimum absolute atomic E-state index is 0.0202. The number of nitrogens with two attached hydrogens (primary N) is 1. The van der Waals surface area contributed by atoms with Crippen molar-refractivity contribution in [3.05, 3.63) is 47.5 Å². The number of rotatable bonds is 7. The predicted octanol–water partition coefficient (Wildman–Crippen LogP) is 1.57. The molecule has 0 radical (unpaired) electrons. The van der Waals surface area contributed by atoms with Gasteiger partial charge >= 0.3 is 0 Å². The number of anilines is 1. The quantitative estimate of drug-likeness (QED) is 0.751. The van der Waals surface area contributed by atoms with Crippen molar-refractivity contribution in [3.8, 4) is 0 Å². The fraction of sp³-hybridized carbons (Fsp3) is 0.450. The van der Waals surface area contributed by atoms with Crippen molar-refractivity contribution >= 4 is 17.8 Å². The molecule has 3 heterocycles. The number of hydrogen-bond donors (Lipinski definition) is 2. The van der Waals surface area contributed by atoms with Crippen LogP contribution in [0.2, 0.25) is 0 Å². The Morgan fingerprint density at radius 3 is 2.71 bits per heavy atom. The molecule has 0 saturated carbocycles. The Bertz CT molecular complexity index is 840. The lowest BCUT2D eigenvalue weighted by atomic mass is 10.1. The zero-order chi connectivity index (χ0) is 20.1. The minimum Gasteiger partial charge on any atom is -0.368 e. The standard InChI is InChI=1S/C20H26N6O2/c1-13(2)9-16-10-17(25-20(21)24-16)19(28)26(11-14-5-7-22-8-6-14)12-15-3-4-18(27)23-15/h5-8,10,13,15H,3-4,9,11-12H2,1-2H3,(H,23,27)(H2,21,24,25)/t15-/m0/s1. The van der Waals surface area contributed by atoms with Crippen LogP contribution in [-0.4, -0.2) is 44.3 Å². The summed E-state index contributed by atoms with van der Waals surface area (Å²) in [6, 6.07) is 5.39. The van der Waals surface area contributed by atoms with Gasteiger partial charge in [0, 0.05) is 43.6 Å². The van der Waals surface area contributed by atoms with E-state index in [-0.39, 0.29) is 29.5 Å². The average Bonchev–Trinajstić information content (AvgIpc) is 3.05. The first-order chi connectivity index (χ1) is 13.4. The molecule has 1 aliphatic rings. The van der Waals surface area contributed by atoms with Crippen LogP contribution < -0.4 is 11.1 Å². The molecule has 1 aliphatic heterocycles. The second-order valence-corrected chi connectivity index (χ2v) is 7.54. The number of aromatic nitrogens is 3. The summed E-state index contributed by atoms with van der Waals surface area (Å²) in [5, 5.41) is 2.92. The topological polar surface area (TPSA) is 114 Å². The number of hydrogen-bond acceptors (Lipinski definition) is 6. The van der Waals surface area contributed by atoms with E-state index in [2.05, 4.69) is 34.1 Å². The Hall–Kier alpha value is -3.03. The zero-order valence-corrected chi connectivity index (χ0v) is 16.3. The number of amides is 2. The molecule has 1 fully saturated rings. The van der Waals surface area contributed by atoms with E-state index in [4.69, 9.17) is 5.73 Å². The number of pyridine rings is 1. The summed E-state index contributed by atoms with van der Waals surface area (Å²) in [6.45, 7) is 4.98. The van der Waals surface area contributed by atoms with Crippen molar-refractivity contribution in [1.29, 1.82) is 0 Å². The normalized spacial score (nSPS) is 16.2. The van der Waals surface area contributed by atoms with Gasteiger partial charge in [-0.05, 0) is 42.5 Å². The van der Waals surface area contributed by atoms with Crippen molar-refractivity contribution in [3.63, 3.8) is 0 Å². The smallest absolute Gasteiger partial charge is 0.273 e. The second-order valence-electron chi connectivity index (χ2n) is 7.54. The zero-order valence-electron chi connectivity index (χ0n) is 16.3. The second kappa shape index (κ2) is 8.77. The van der Waals surface area contributed by atoms with Crippen molar-refractivity contribution < 1.29 is 9.59 Å². The van der Waals surface area contributed by atoms with Crippen molar-refractivity contribution in [2.75, 3.05) is 12.3 Å². The molecule has 2 aromatic heterocycles. The van der Waals surface area contributed by atoms with Gasteiger partial charge in [-0.15, -0.1) is 0 Å². The number of nitrogen functional groups attached to an aromatic ring is 1. The maximum atomic E-state index is 13.3. The number of carbonyl (C=O) groups is 2. The predicted molar refractivity (Wildman–Crippen MR) is 105 cm³/mol. The molecule has 8 nitrogen and oxygen atoms in total. The molecule has 8 heteroatoms. The van der Waals surface area contributed by atoms with Crippen LogP contribution in [0.15, 0.2) is 30.6 Å². The molecular formula is C20H26N6O2. The lowest BCUT2D eigenvalue weighted by Crippen LogP contribution is -2.42. The van der Waals surface area contributed by atoms with E-state index in [1.165, 1.54) is 0 Å². The minimum atomic E-state index is -0.225. The van der Waals surface area contributed by atoms with Gasteiger partial charge in [0.05, 0.1) is 0 Å². The monoisotopic (exact) mass is 382 g/mol. The summed E-state index contributed by atoms with van der Waals surface area (Å²) in [5.41, 5.74) is 7.84. The van der Waals surface area contributed by atoms with Crippen molar-refractivity contribution in [2.45, 2.75) is 45.7 Å². The van der Waals surface area contributed by atoms with E-state index in [9.17, 15) is 9.59 Å². The van der Waals surface area contributed by atoms with Crippen LogP contribution in [0.5, 0.6) is 0 Å². The largest absolute Gasteiger partial charge is 0.368 e. The van der Waals surface area contributed by atoms with Gasteiger partial charge in [0.25, 0.3) is 5.91 Å². The average molecular weight is 382 g/mol. The highest BCUT2D eigenvalue weighted by molar-refractivity contribution is 5.92. The molecule has 1 atom stereocenters. The SMILES string of the molecule is CC(C)Cc1cc(C(=O)N(Cc2ccncc2)C[C@@H]2CCC(=O)N2)nc(N)n1. The number of nitrogens with zero attached hydrogens (tertiary/aromatic N) is 4. The third-order valence-corrected chi connectivity index (χ3v) is 4.57. The van der Waals surface area contributed by atoms with Gasteiger partial charge < -0.3 is 16.0 Å². The third kappa shape index (κ3) is 5.25. The van der Waals surface area contributed by atoms with Crippen LogP contribution in [-0.2, 0) is 17.8 Å². The Morgan fingerprint density at radius 1 is 1.32 bits per heavy atom. The molecule has 3 rings (SSSR count). The van der Waals surface area contributed by atoms with E-state index < -0.39 is 0 Å². The molecule has 0 bridgehead atoms. The third-order valence-electron chi connectivity index (χ3n) is 4.57. The van der Waals surface area contributed by atoms with Gasteiger partial charge in [0.2, 0.25) is 11.9 Å². The summed E-state index contributed by atoms with van der Waals surface area (Å²) >= 11 is 0. The fourth-order valence-electron chi connectivity index (χ4n) is 3.32. The Kier molecular flexibility index (Phi) is 6.18. The van der Waals surface area contributed by atoms with Crippen LogP contribution >= 0.6 is 0 Å². The van der Waals surface area contributed by atoms with Crippen LogP contribution in [0.3, 0.4) is 0 Å². The Morgan fingerprint density at radius 2 is 2.07 bits per heavy atom. The molecule has 0 aromatic carbocycles. The highest BCUT2D eigenvalue weighted by Crippen LogP contribution is 2.16. The van der Waals surface area contributed by atoms with Gasteiger partial charge in [0.1, 0.15) is 5.69 Å². The van der Waals surface area contributed by atoms with Crippen molar-refractivity contribution in [2.24, 2.45) is 5.92 Å². The van der Waals surface area contributed by atoms with E-state index in [0.717, 1.165) is 17.7 Å². The van der Waals surface area contributed by atoms with Gasteiger partial charge in [-0.1, -0.05) is 13.8 Å². The van der Waals surface area contributed by atoms with Crippen LogP contribution in [0.4, 0.5) is 5.95 Å². The van der Waals surface area contributed by atoms with Gasteiger partial charge in [-0.2, -0.15) is 0 Å². The molecule has 0 aliphatic carbocycles. The molecule has 148 valence electrons. The molecule has 3 N–H and O–H groups in total. The molecule has 2 aromatic rings. The molecular weight excluding hydrogens is 356 g/mol. The van der Waals surface area contributed by atoms with E-state index in [1.54, 1.807) is 23.4 Å². The van der Waals surface area contributed by atoms with Crippen molar-refractivity contribution in [1.82, 2.24) is 25.2 Å². The summed E-state index contributed by atoms with van der Waals surface area (Å²) in [4.78, 5) is 39.0. The summed E-state index contributed by atoms with van der Waals surface area (Å²) in [5.74, 6) is 0.280. The molecule has 0 unspecified atom stereocenters. The van der Waals surface area contributed by atoms with E-state index in [0.29, 0.717) is 31.8 Å². The molecule has 0 spiro atoms. The van der Waals surface area contributed by atoms with Gasteiger partial charge in [-0.3, -0.25) is 14.6 Å². The maximum absolute atomic E-state index is 13.3. The highest BCUT2D eigenvalue weighted by atomic mass is 16.2. The van der Waals surface area contributed by atoms with Crippen LogP contribution in [0, 0.1) is 5.92 Å². The molecule has 28 heavy (non-hydrogen) atoms. The highest BCUT2D eigenvalue weighted by Gasteiger charge is 2.27. The number of nitrogens with one attached hydrogen (secondary N) is 1. The molecule has 2 amide bonds.